The van der Waals surface area contributed by atoms with Crippen LogP contribution in [-0.4, -0.2) is 31.7 Å². The minimum atomic E-state index is -3.52. The lowest BCUT2D eigenvalue weighted by molar-refractivity contribution is -0.126. The Kier molecular flexibility index (Phi) is 8.03. The van der Waals surface area contributed by atoms with E-state index in [1.807, 2.05) is 38.1 Å². The highest BCUT2D eigenvalue weighted by atomic mass is 35.5. The van der Waals surface area contributed by atoms with Crippen molar-refractivity contribution >= 4 is 39.1 Å². The molecule has 2 aromatic rings. The lowest BCUT2D eigenvalue weighted by atomic mass is 9.95. The minimum absolute atomic E-state index is 0.00906. The van der Waals surface area contributed by atoms with E-state index in [0.29, 0.717) is 41.5 Å². The molecule has 1 heterocycles. The van der Waals surface area contributed by atoms with E-state index in [2.05, 4.69) is 5.32 Å². The molecule has 1 fully saturated rings. The van der Waals surface area contributed by atoms with Gasteiger partial charge in [0.1, 0.15) is 0 Å². The summed E-state index contributed by atoms with van der Waals surface area (Å²) >= 11 is 12.0. The zero-order chi connectivity index (χ0) is 22.6. The van der Waals surface area contributed by atoms with Gasteiger partial charge >= 0.3 is 0 Å². The molecule has 5 nitrogen and oxygen atoms in total. The number of benzene rings is 2. The third-order valence-electron chi connectivity index (χ3n) is 5.78. The highest BCUT2D eigenvalue weighted by Gasteiger charge is 2.32. The molecule has 1 aliphatic heterocycles. The number of nitrogens with one attached hydrogen (secondary N) is 1. The van der Waals surface area contributed by atoms with Crippen LogP contribution in [0.1, 0.15) is 48.9 Å². The summed E-state index contributed by atoms with van der Waals surface area (Å²) in [5, 5.41) is 3.95. The van der Waals surface area contributed by atoms with Gasteiger partial charge in [-0.1, -0.05) is 66.0 Å². The molecule has 1 atom stereocenters. The summed E-state index contributed by atoms with van der Waals surface area (Å²) in [5.41, 5.74) is 2.79. The van der Waals surface area contributed by atoms with E-state index >= 15 is 0 Å². The van der Waals surface area contributed by atoms with Crippen molar-refractivity contribution in [3.8, 4) is 0 Å². The molecule has 0 spiro atoms. The summed E-state index contributed by atoms with van der Waals surface area (Å²) in [4.78, 5) is 12.8. The Hall–Kier alpha value is -1.60. The van der Waals surface area contributed by atoms with Crippen LogP contribution < -0.4 is 5.32 Å². The van der Waals surface area contributed by atoms with Crippen LogP contribution >= 0.6 is 23.2 Å². The molecule has 1 aliphatic rings. The highest BCUT2D eigenvalue weighted by molar-refractivity contribution is 7.88. The molecule has 0 aliphatic carbocycles. The maximum atomic E-state index is 12.8. The Morgan fingerprint density at radius 1 is 1.13 bits per heavy atom. The number of carbonyl (C=O) groups excluding carboxylic acids is 1. The number of halogens is 2. The van der Waals surface area contributed by atoms with Crippen LogP contribution in [0.15, 0.2) is 42.5 Å². The van der Waals surface area contributed by atoms with Gasteiger partial charge in [0, 0.05) is 29.1 Å². The first-order valence-corrected chi connectivity index (χ1v) is 12.8. The predicted octanol–water partition coefficient (Wildman–Crippen LogP) is 5.11. The molecule has 31 heavy (non-hydrogen) atoms. The van der Waals surface area contributed by atoms with E-state index in [4.69, 9.17) is 23.2 Å². The van der Waals surface area contributed by atoms with Crippen LogP contribution in [-0.2, 0) is 20.6 Å². The van der Waals surface area contributed by atoms with Crippen molar-refractivity contribution in [1.29, 1.82) is 0 Å². The summed E-state index contributed by atoms with van der Waals surface area (Å²) in [5.74, 6) is -0.374. The summed E-state index contributed by atoms with van der Waals surface area (Å²) in [6.45, 7) is 4.73. The maximum Gasteiger partial charge on any atom is 0.223 e. The lowest BCUT2D eigenvalue weighted by Crippen LogP contribution is -2.44. The van der Waals surface area contributed by atoms with Crippen molar-refractivity contribution in [3.63, 3.8) is 0 Å². The van der Waals surface area contributed by atoms with Gasteiger partial charge in [-0.05, 0) is 49.4 Å². The van der Waals surface area contributed by atoms with Crippen LogP contribution in [0.5, 0.6) is 0 Å². The van der Waals surface area contributed by atoms with Gasteiger partial charge in [0.15, 0.2) is 0 Å². The Bertz CT molecular complexity index is 1020. The molecule has 0 aromatic heterocycles. The first-order valence-electron chi connectivity index (χ1n) is 10.5. The number of sulfonamides is 1. The summed E-state index contributed by atoms with van der Waals surface area (Å²) < 4.78 is 27.1. The molecular formula is C23H28Cl2N2O3S. The molecular weight excluding hydrogens is 455 g/mol. The molecule has 2 aromatic carbocycles. The minimum Gasteiger partial charge on any atom is -0.349 e. The predicted molar refractivity (Wildman–Crippen MR) is 126 cm³/mol. The second kappa shape index (κ2) is 10.3. The van der Waals surface area contributed by atoms with Crippen LogP contribution in [0.4, 0.5) is 0 Å². The third-order valence-corrected chi connectivity index (χ3v) is 8.19. The van der Waals surface area contributed by atoms with E-state index in [1.54, 1.807) is 18.2 Å². The SMILES string of the molecule is CCC(NC(=O)C1CCN(S(=O)(=O)Cc2ccc(Cl)cc2Cl)CC1)c1ccc(C)cc1. The fourth-order valence-corrected chi connectivity index (χ4v) is 5.98. The van der Waals surface area contributed by atoms with Crippen LogP contribution in [0.2, 0.25) is 10.0 Å². The fraction of sp³-hybridized carbons (Fsp3) is 0.435. The highest BCUT2D eigenvalue weighted by Crippen LogP contribution is 2.27. The first-order chi connectivity index (χ1) is 14.7. The van der Waals surface area contributed by atoms with Gasteiger partial charge in [-0.2, -0.15) is 0 Å². The summed E-state index contributed by atoms with van der Waals surface area (Å²) in [6.07, 6.45) is 1.80. The first kappa shape index (κ1) is 24.1. The number of amides is 1. The Morgan fingerprint density at radius 2 is 1.77 bits per heavy atom. The lowest BCUT2D eigenvalue weighted by Gasteiger charge is -2.31. The van der Waals surface area contributed by atoms with E-state index in [0.717, 1.165) is 12.0 Å². The quantitative estimate of drug-likeness (QED) is 0.595. The van der Waals surface area contributed by atoms with E-state index in [1.165, 1.54) is 9.87 Å². The third kappa shape index (κ3) is 6.22. The van der Waals surface area contributed by atoms with Crippen LogP contribution in [0.3, 0.4) is 0 Å². The van der Waals surface area contributed by atoms with Crippen molar-refractivity contribution in [2.24, 2.45) is 5.92 Å². The second-order valence-electron chi connectivity index (χ2n) is 8.05. The van der Waals surface area contributed by atoms with Crippen molar-refractivity contribution in [2.75, 3.05) is 13.1 Å². The zero-order valence-electron chi connectivity index (χ0n) is 17.8. The van der Waals surface area contributed by atoms with Crippen molar-refractivity contribution in [1.82, 2.24) is 9.62 Å². The monoisotopic (exact) mass is 482 g/mol. The van der Waals surface area contributed by atoms with Gasteiger partial charge in [-0.3, -0.25) is 4.79 Å². The Morgan fingerprint density at radius 3 is 2.35 bits per heavy atom. The number of carbonyl (C=O) groups is 1. The molecule has 0 bridgehead atoms. The maximum absolute atomic E-state index is 12.8. The molecule has 1 N–H and O–H groups in total. The molecule has 3 rings (SSSR count). The van der Waals surface area contributed by atoms with Gasteiger partial charge in [0.25, 0.3) is 0 Å². The number of piperidine rings is 1. The standard InChI is InChI=1S/C23H28Cl2N2O3S/c1-3-22(17-6-4-16(2)5-7-17)26-23(28)18-10-12-27(13-11-18)31(29,30)15-19-8-9-20(24)14-21(19)25/h4-9,14,18,22H,3,10-13,15H2,1-2H3,(H,26,28). The molecule has 0 radical (unpaired) electrons. The summed E-state index contributed by atoms with van der Waals surface area (Å²) in [7, 11) is -3.52. The van der Waals surface area contributed by atoms with Gasteiger partial charge < -0.3 is 5.32 Å². The number of hydrogen-bond donors (Lipinski definition) is 1. The number of nitrogens with zero attached hydrogens (tertiary/aromatic N) is 1. The van der Waals surface area contributed by atoms with E-state index in [9.17, 15) is 13.2 Å². The summed E-state index contributed by atoms with van der Waals surface area (Å²) in [6, 6.07) is 12.9. The molecule has 1 unspecified atom stereocenters. The normalized spacial score (nSPS) is 16.8. The molecule has 1 saturated heterocycles. The smallest absolute Gasteiger partial charge is 0.223 e. The van der Waals surface area contributed by atoms with E-state index in [-0.39, 0.29) is 23.6 Å². The van der Waals surface area contributed by atoms with Crippen molar-refractivity contribution in [3.05, 3.63) is 69.2 Å². The van der Waals surface area contributed by atoms with Gasteiger partial charge in [-0.25, -0.2) is 12.7 Å². The van der Waals surface area contributed by atoms with E-state index < -0.39 is 10.0 Å². The molecule has 1 amide bonds. The largest absolute Gasteiger partial charge is 0.349 e. The number of rotatable bonds is 7. The molecule has 8 heteroatoms. The van der Waals surface area contributed by atoms with Crippen molar-refractivity contribution < 1.29 is 13.2 Å². The Labute approximate surface area is 194 Å². The second-order valence-corrected chi connectivity index (χ2v) is 10.9. The fourth-order valence-electron chi connectivity index (χ4n) is 3.83. The van der Waals surface area contributed by atoms with Gasteiger partial charge in [0.05, 0.1) is 11.8 Å². The topological polar surface area (TPSA) is 66.5 Å². The van der Waals surface area contributed by atoms with Crippen molar-refractivity contribution in [2.45, 2.75) is 44.9 Å². The number of aryl methyl sites for hydroxylation is 1. The average Bonchev–Trinajstić information content (AvgIpc) is 2.74. The number of hydrogen-bond acceptors (Lipinski definition) is 3. The van der Waals surface area contributed by atoms with Gasteiger partial charge in [0.2, 0.25) is 15.9 Å². The molecule has 168 valence electrons. The van der Waals surface area contributed by atoms with Gasteiger partial charge in [-0.15, -0.1) is 0 Å². The molecule has 0 saturated carbocycles. The zero-order valence-corrected chi connectivity index (χ0v) is 20.1. The van der Waals surface area contributed by atoms with Crippen LogP contribution in [0, 0.1) is 12.8 Å². The van der Waals surface area contributed by atoms with Crippen LogP contribution in [0.25, 0.3) is 0 Å². The average molecular weight is 483 g/mol. The Balaban J connectivity index is 1.57.